The molecule has 0 aliphatic carbocycles. The quantitative estimate of drug-likeness (QED) is 0.574. The van der Waals surface area contributed by atoms with E-state index in [0.717, 1.165) is 7.11 Å². The van der Waals surface area contributed by atoms with E-state index in [2.05, 4.69) is 4.74 Å². The van der Waals surface area contributed by atoms with Gasteiger partial charge in [-0.2, -0.15) is 0 Å². The molecule has 0 aromatic carbocycles. The van der Waals surface area contributed by atoms with Gasteiger partial charge in [-0.25, -0.2) is 8.78 Å². The van der Waals surface area contributed by atoms with Gasteiger partial charge >= 0.3 is 5.97 Å². The van der Waals surface area contributed by atoms with Gasteiger partial charge in [0.15, 0.2) is 0 Å². The lowest BCUT2D eigenvalue weighted by Gasteiger charge is -2.10. The zero-order chi connectivity index (χ0) is 8.20. The van der Waals surface area contributed by atoms with Crippen molar-refractivity contribution in [3.05, 3.63) is 0 Å². The van der Waals surface area contributed by atoms with Crippen LogP contribution in [0.25, 0.3) is 0 Å². The molecule has 0 unspecified atom stereocenters. The largest absolute Gasteiger partial charge is 0.469 e. The van der Waals surface area contributed by atoms with E-state index in [-0.39, 0.29) is 6.42 Å². The fourth-order valence-electron chi connectivity index (χ4n) is 0.408. The Balaban J connectivity index is 3.76. The molecule has 2 nitrogen and oxygen atoms in total. The molecule has 0 amide bonds. The molecule has 0 spiro atoms. The standard InChI is InChI=1S/C6H10F2O2/c1-3-6(7,8)4-5(9)10-2/h3-4H2,1-2H3. The molecule has 0 aromatic heterocycles. The normalized spacial score (nSPS) is 11.2. The van der Waals surface area contributed by atoms with Crippen molar-refractivity contribution in [2.24, 2.45) is 0 Å². The Morgan fingerprint density at radius 2 is 2.10 bits per heavy atom. The SMILES string of the molecule is CCC(F)(F)CC(=O)OC. The summed E-state index contributed by atoms with van der Waals surface area (Å²) in [7, 11) is 1.09. The number of halogens is 2. The van der Waals surface area contributed by atoms with Gasteiger partial charge in [0.1, 0.15) is 6.42 Å². The molecule has 0 bridgehead atoms. The lowest BCUT2D eigenvalue weighted by Crippen LogP contribution is -2.20. The molecule has 0 fully saturated rings. The van der Waals surface area contributed by atoms with E-state index >= 15 is 0 Å². The predicted octanol–water partition coefficient (Wildman–Crippen LogP) is 1.59. The molecule has 0 N–H and O–H groups in total. The van der Waals surface area contributed by atoms with E-state index in [1.54, 1.807) is 0 Å². The maximum Gasteiger partial charge on any atom is 0.311 e. The monoisotopic (exact) mass is 152 g/mol. The highest BCUT2D eigenvalue weighted by molar-refractivity contribution is 5.70. The summed E-state index contributed by atoms with van der Waals surface area (Å²) in [5, 5.41) is 0. The number of rotatable bonds is 3. The van der Waals surface area contributed by atoms with E-state index < -0.39 is 18.3 Å². The summed E-state index contributed by atoms with van der Waals surface area (Å²) < 4.78 is 28.6. The molecule has 0 atom stereocenters. The van der Waals surface area contributed by atoms with E-state index in [4.69, 9.17) is 0 Å². The van der Waals surface area contributed by atoms with Crippen LogP contribution in [0.15, 0.2) is 0 Å². The van der Waals surface area contributed by atoms with Gasteiger partial charge in [-0.3, -0.25) is 4.79 Å². The maximum atomic E-state index is 12.3. The number of carbonyl (C=O) groups excluding carboxylic acids is 1. The van der Waals surface area contributed by atoms with Crippen molar-refractivity contribution >= 4 is 5.97 Å². The van der Waals surface area contributed by atoms with Gasteiger partial charge in [0.2, 0.25) is 0 Å². The van der Waals surface area contributed by atoms with Crippen molar-refractivity contribution in [3.8, 4) is 0 Å². The Hall–Kier alpha value is -0.670. The lowest BCUT2D eigenvalue weighted by molar-refractivity contribution is -0.148. The Morgan fingerprint density at radius 1 is 1.60 bits per heavy atom. The summed E-state index contributed by atoms with van der Waals surface area (Å²) in [6, 6.07) is 0. The van der Waals surface area contributed by atoms with E-state index in [9.17, 15) is 13.6 Å². The van der Waals surface area contributed by atoms with Crippen LogP contribution in [0.4, 0.5) is 8.78 Å². The minimum Gasteiger partial charge on any atom is -0.469 e. The van der Waals surface area contributed by atoms with Crippen LogP contribution >= 0.6 is 0 Å². The van der Waals surface area contributed by atoms with Gasteiger partial charge in [0.25, 0.3) is 5.92 Å². The van der Waals surface area contributed by atoms with Crippen LogP contribution < -0.4 is 0 Å². The Labute approximate surface area is 58.2 Å². The van der Waals surface area contributed by atoms with E-state index in [1.807, 2.05) is 0 Å². The van der Waals surface area contributed by atoms with Gasteiger partial charge in [-0.1, -0.05) is 6.92 Å². The number of methoxy groups -OCH3 is 1. The molecule has 0 aliphatic rings. The van der Waals surface area contributed by atoms with Crippen molar-refractivity contribution in [1.82, 2.24) is 0 Å². The van der Waals surface area contributed by atoms with Crippen LogP contribution in [0, 0.1) is 0 Å². The Kier molecular flexibility index (Phi) is 3.25. The van der Waals surface area contributed by atoms with Crippen molar-refractivity contribution in [3.63, 3.8) is 0 Å². The van der Waals surface area contributed by atoms with Gasteiger partial charge in [-0.05, 0) is 0 Å². The summed E-state index contributed by atoms with van der Waals surface area (Å²) in [5.41, 5.74) is 0. The van der Waals surface area contributed by atoms with Gasteiger partial charge in [-0.15, -0.1) is 0 Å². The van der Waals surface area contributed by atoms with Crippen LogP contribution in [0.1, 0.15) is 19.8 Å². The molecule has 0 saturated heterocycles. The molecule has 0 saturated carbocycles. The third-order valence-electron chi connectivity index (χ3n) is 1.15. The van der Waals surface area contributed by atoms with E-state index in [1.165, 1.54) is 6.92 Å². The molecule has 4 heteroatoms. The van der Waals surface area contributed by atoms with Crippen LogP contribution in [-0.4, -0.2) is 19.0 Å². The molecular weight excluding hydrogens is 142 g/mol. The zero-order valence-corrected chi connectivity index (χ0v) is 5.99. The lowest BCUT2D eigenvalue weighted by atomic mass is 10.2. The first-order valence-electron chi connectivity index (χ1n) is 2.96. The van der Waals surface area contributed by atoms with Crippen molar-refractivity contribution in [2.45, 2.75) is 25.7 Å². The molecule has 10 heavy (non-hydrogen) atoms. The summed E-state index contributed by atoms with van der Waals surface area (Å²) in [4.78, 5) is 10.3. The molecular formula is C6H10F2O2. The first-order chi connectivity index (χ1) is 4.52. The number of alkyl halides is 2. The average Bonchev–Trinajstić information content (AvgIpc) is 1.87. The molecule has 60 valence electrons. The van der Waals surface area contributed by atoms with Crippen LogP contribution in [0.3, 0.4) is 0 Å². The number of ether oxygens (including phenoxy) is 1. The third-order valence-corrected chi connectivity index (χ3v) is 1.15. The molecule has 0 aliphatic heterocycles. The van der Waals surface area contributed by atoms with Crippen molar-refractivity contribution < 1.29 is 18.3 Å². The summed E-state index contributed by atoms with van der Waals surface area (Å²) in [6.07, 6.45) is -1.15. The second kappa shape index (κ2) is 3.49. The molecule has 0 heterocycles. The number of esters is 1. The van der Waals surface area contributed by atoms with Crippen molar-refractivity contribution in [2.75, 3.05) is 7.11 Å². The van der Waals surface area contributed by atoms with Gasteiger partial charge in [0, 0.05) is 6.42 Å². The van der Waals surface area contributed by atoms with Crippen LogP contribution in [-0.2, 0) is 9.53 Å². The highest BCUT2D eigenvalue weighted by Gasteiger charge is 2.30. The summed E-state index contributed by atoms with van der Waals surface area (Å²) in [6.45, 7) is 1.32. The van der Waals surface area contributed by atoms with E-state index in [0.29, 0.717) is 0 Å². The fraction of sp³-hybridized carbons (Fsp3) is 0.833. The highest BCUT2D eigenvalue weighted by Crippen LogP contribution is 2.22. The Morgan fingerprint density at radius 3 is 2.40 bits per heavy atom. The average molecular weight is 152 g/mol. The summed E-state index contributed by atoms with van der Waals surface area (Å²) >= 11 is 0. The minimum atomic E-state index is -2.91. The molecule has 0 radical (unpaired) electrons. The third kappa shape index (κ3) is 3.37. The first kappa shape index (κ1) is 9.33. The van der Waals surface area contributed by atoms with Crippen LogP contribution in [0.2, 0.25) is 0 Å². The zero-order valence-electron chi connectivity index (χ0n) is 5.99. The number of hydrogen-bond acceptors (Lipinski definition) is 2. The van der Waals surface area contributed by atoms with Crippen molar-refractivity contribution in [1.29, 1.82) is 0 Å². The number of hydrogen-bond donors (Lipinski definition) is 0. The fourth-order valence-corrected chi connectivity index (χ4v) is 0.408. The predicted molar refractivity (Wildman–Crippen MR) is 31.9 cm³/mol. The van der Waals surface area contributed by atoms with Gasteiger partial charge in [0.05, 0.1) is 7.11 Å². The number of carbonyl (C=O) groups is 1. The first-order valence-corrected chi connectivity index (χ1v) is 2.96. The second-order valence-electron chi connectivity index (χ2n) is 1.96. The maximum absolute atomic E-state index is 12.3. The second-order valence-corrected chi connectivity index (χ2v) is 1.96. The highest BCUT2D eigenvalue weighted by atomic mass is 19.3. The van der Waals surface area contributed by atoms with Gasteiger partial charge < -0.3 is 4.74 Å². The smallest absolute Gasteiger partial charge is 0.311 e. The molecule has 0 rings (SSSR count). The van der Waals surface area contributed by atoms with Crippen LogP contribution in [0.5, 0.6) is 0 Å². The summed E-state index contributed by atoms with van der Waals surface area (Å²) in [5.74, 6) is -3.78. The molecule has 0 aromatic rings. The Bertz CT molecular complexity index is 123. The topological polar surface area (TPSA) is 26.3 Å². The minimum absolute atomic E-state index is 0.331.